The summed E-state index contributed by atoms with van der Waals surface area (Å²) in [6, 6.07) is 18.3. The third-order valence-corrected chi connectivity index (χ3v) is 5.36. The number of nitrogens with zero attached hydrogens (tertiary/aromatic N) is 2. The van der Waals surface area contributed by atoms with Crippen molar-refractivity contribution in [1.29, 1.82) is 0 Å². The second-order valence-electron chi connectivity index (χ2n) is 7.41. The van der Waals surface area contributed by atoms with Gasteiger partial charge in [-0.2, -0.15) is 0 Å². The van der Waals surface area contributed by atoms with Crippen LogP contribution in [-0.4, -0.2) is 38.3 Å². The number of hydrogen-bond acceptors (Lipinski definition) is 5. The van der Waals surface area contributed by atoms with E-state index >= 15 is 0 Å². The van der Waals surface area contributed by atoms with Gasteiger partial charge in [0.1, 0.15) is 23.9 Å². The maximum absolute atomic E-state index is 5.82. The van der Waals surface area contributed by atoms with Crippen LogP contribution in [0.2, 0.25) is 0 Å². The number of piperidine rings is 1. The first-order valence-electron chi connectivity index (χ1n) is 10.4. The minimum absolute atomic E-state index is 0.617. The number of ether oxygens (including phenoxy) is 2. The summed E-state index contributed by atoms with van der Waals surface area (Å²) in [6.45, 7) is 4.37. The number of fused-ring (bicyclic) bond motifs is 1. The SMILES string of the molecule is COc1ccc(OCCNCc2cc3ccccc3nc2N2CCCCC2)cc1. The Kier molecular flexibility index (Phi) is 6.47. The fourth-order valence-corrected chi connectivity index (χ4v) is 3.80. The first-order chi connectivity index (χ1) is 14.3. The smallest absolute Gasteiger partial charge is 0.133 e. The first-order valence-corrected chi connectivity index (χ1v) is 10.4. The number of aromatic nitrogens is 1. The van der Waals surface area contributed by atoms with Gasteiger partial charge in [-0.25, -0.2) is 4.98 Å². The Hall–Kier alpha value is -2.79. The predicted octanol–water partition coefficient (Wildman–Crippen LogP) is 4.40. The number of nitrogens with one attached hydrogen (secondary N) is 1. The van der Waals surface area contributed by atoms with Crippen molar-refractivity contribution < 1.29 is 9.47 Å². The van der Waals surface area contributed by atoms with Crippen LogP contribution in [0.3, 0.4) is 0 Å². The molecule has 0 bridgehead atoms. The van der Waals surface area contributed by atoms with Crippen LogP contribution < -0.4 is 19.7 Å². The van der Waals surface area contributed by atoms with E-state index in [1.54, 1.807) is 7.11 Å². The minimum atomic E-state index is 0.617. The van der Waals surface area contributed by atoms with Gasteiger partial charge in [0.2, 0.25) is 0 Å². The molecule has 5 heteroatoms. The van der Waals surface area contributed by atoms with Crippen molar-refractivity contribution in [1.82, 2.24) is 10.3 Å². The Morgan fingerprint density at radius 2 is 1.72 bits per heavy atom. The quantitative estimate of drug-likeness (QED) is 0.577. The average Bonchev–Trinajstić information content (AvgIpc) is 2.79. The molecule has 0 unspecified atom stereocenters. The van der Waals surface area contributed by atoms with Gasteiger partial charge in [0.05, 0.1) is 12.6 Å². The Morgan fingerprint density at radius 1 is 0.966 bits per heavy atom. The Labute approximate surface area is 172 Å². The van der Waals surface area contributed by atoms with Crippen molar-refractivity contribution >= 4 is 16.7 Å². The molecule has 3 aromatic rings. The molecule has 1 aliphatic heterocycles. The number of methoxy groups -OCH3 is 1. The van der Waals surface area contributed by atoms with Gasteiger partial charge < -0.3 is 19.7 Å². The molecule has 1 aliphatic rings. The van der Waals surface area contributed by atoms with E-state index in [1.165, 1.54) is 30.2 Å². The molecule has 1 fully saturated rings. The van der Waals surface area contributed by atoms with E-state index in [0.717, 1.165) is 49.0 Å². The minimum Gasteiger partial charge on any atom is -0.497 e. The van der Waals surface area contributed by atoms with Crippen molar-refractivity contribution in [2.75, 3.05) is 38.3 Å². The molecular formula is C24H29N3O2. The molecule has 0 radical (unpaired) electrons. The number of para-hydroxylation sites is 1. The van der Waals surface area contributed by atoms with Gasteiger partial charge in [0, 0.05) is 37.1 Å². The number of anilines is 1. The number of pyridine rings is 1. The molecular weight excluding hydrogens is 362 g/mol. The van der Waals surface area contributed by atoms with E-state index in [-0.39, 0.29) is 0 Å². The third-order valence-electron chi connectivity index (χ3n) is 5.36. The highest BCUT2D eigenvalue weighted by atomic mass is 16.5. The lowest BCUT2D eigenvalue weighted by molar-refractivity contribution is 0.313. The fraction of sp³-hybridized carbons (Fsp3) is 0.375. The summed E-state index contributed by atoms with van der Waals surface area (Å²) < 4.78 is 11.0. The van der Waals surface area contributed by atoms with Crippen LogP contribution in [0, 0.1) is 0 Å². The lowest BCUT2D eigenvalue weighted by Crippen LogP contribution is -2.32. The standard InChI is InChI=1S/C24H29N3O2/c1-28-21-9-11-22(12-10-21)29-16-13-25-18-20-17-19-7-3-4-8-23(19)26-24(20)27-14-5-2-6-15-27/h3-4,7-12,17,25H,2,5-6,13-16,18H2,1H3. The summed E-state index contributed by atoms with van der Waals surface area (Å²) in [5.74, 6) is 2.82. The lowest BCUT2D eigenvalue weighted by atomic mass is 10.1. The van der Waals surface area contributed by atoms with Gasteiger partial charge in [-0.3, -0.25) is 0 Å². The molecule has 2 aromatic carbocycles. The average molecular weight is 392 g/mol. The van der Waals surface area contributed by atoms with Crippen molar-refractivity contribution in [2.24, 2.45) is 0 Å². The highest BCUT2D eigenvalue weighted by molar-refractivity contribution is 5.81. The summed E-state index contributed by atoms with van der Waals surface area (Å²) in [4.78, 5) is 7.45. The molecule has 5 nitrogen and oxygen atoms in total. The van der Waals surface area contributed by atoms with Crippen LogP contribution >= 0.6 is 0 Å². The largest absolute Gasteiger partial charge is 0.497 e. The van der Waals surface area contributed by atoms with E-state index < -0.39 is 0 Å². The molecule has 1 aromatic heterocycles. The van der Waals surface area contributed by atoms with Crippen LogP contribution in [0.5, 0.6) is 11.5 Å². The molecule has 0 saturated carbocycles. The zero-order chi connectivity index (χ0) is 19.9. The van der Waals surface area contributed by atoms with Crippen molar-refractivity contribution in [2.45, 2.75) is 25.8 Å². The first kappa shape index (κ1) is 19.5. The summed E-state index contributed by atoms with van der Waals surface area (Å²) in [6.07, 6.45) is 3.81. The van der Waals surface area contributed by atoms with Gasteiger partial charge in [0.15, 0.2) is 0 Å². The second-order valence-corrected chi connectivity index (χ2v) is 7.41. The van der Waals surface area contributed by atoms with Gasteiger partial charge >= 0.3 is 0 Å². The van der Waals surface area contributed by atoms with Crippen LogP contribution in [-0.2, 0) is 6.54 Å². The van der Waals surface area contributed by atoms with Crippen molar-refractivity contribution in [3.8, 4) is 11.5 Å². The molecule has 1 N–H and O–H groups in total. The van der Waals surface area contributed by atoms with Gasteiger partial charge in [-0.05, 0) is 55.7 Å². The summed E-state index contributed by atoms with van der Waals surface area (Å²) >= 11 is 0. The summed E-state index contributed by atoms with van der Waals surface area (Å²) in [7, 11) is 1.67. The highest BCUT2D eigenvalue weighted by Gasteiger charge is 2.16. The van der Waals surface area contributed by atoms with E-state index in [4.69, 9.17) is 14.5 Å². The van der Waals surface area contributed by atoms with Crippen LogP contribution in [0.15, 0.2) is 54.6 Å². The topological polar surface area (TPSA) is 46.6 Å². The van der Waals surface area contributed by atoms with Gasteiger partial charge in [0.25, 0.3) is 0 Å². The molecule has 4 rings (SSSR count). The maximum atomic E-state index is 5.82. The molecule has 0 amide bonds. The molecule has 1 saturated heterocycles. The van der Waals surface area contributed by atoms with Crippen LogP contribution in [0.4, 0.5) is 5.82 Å². The maximum Gasteiger partial charge on any atom is 0.133 e. The normalized spacial score (nSPS) is 14.2. The van der Waals surface area contributed by atoms with Crippen LogP contribution in [0.25, 0.3) is 10.9 Å². The van der Waals surface area contributed by atoms with Crippen molar-refractivity contribution in [3.05, 3.63) is 60.2 Å². The van der Waals surface area contributed by atoms with E-state index in [0.29, 0.717) is 6.61 Å². The molecule has 152 valence electrons. The summed E-state index contributed by atoms with van der Waals surface area (Å²) in [5, 5.41) is 4.72. The molecule has 0 atom stereocenters. The van der Waals surface area contributed by atoms with Crippen LogP contribution in [0.1, 0.15) is 24.8 Å². The molecule has 29 heavy (non-hydrogen) atoms. The zero-order valence-electron chi connectivity index (χ0n) is 17.1. The van der Waals surface area contributed by atoms with E-state index in [9.17, 15) is 0 Å². The van der Waals surface area contributed by atoms with Crippen molar-refractivity contribution in [3.63, 3.8) is 0 Å². The lowest BCUT2D eigenvalue weighted by Gasteiger charge is -2.30. The molecule has 0 aliphatic carbocycles. The third kappa shape index (κ3) is 4.98. The Bertz CT molecular complexity index is 921. The summed E-state index contributed by atoms with van der Waals surface area (Å²) in [5.41, 5.74) is 2.33. The highest BCUT2D eigenvalue weighted by Crippen LogP contribution is 2.26. The molecule has 2 heterocycles. The Morgan fingerprint density at radius 3 is 2.52 bits per heavy atom. The number of benzene rings is 2. The van der Waals surface area contributed by atoms with Gasteiger partial charge in [-0.15, -0.1) is 0 Å². The number of rotatable bonds is 8. The second kappa shape index (κ2) is 9.61. The Balaban J connectivity index is 1.38. The van der Waals surface area contributed by atoms with E-state index in [2.05, 4.69) is 40.5 Å². The monoisotopic (exact) mass is 391 g/mol. The fourth-order valence-electron chi connectivity index (χ4n) is 3.80. The number of hydrogen-bond donors (Lipinski definition) is 1. The zero-order valence-corrected chi connectivity index (χ0v) is 17.1. The van der Waals surface area contributed by atoms with E-state index in [1.807, 2.05) is 24.3 Å². The van der Waals surface area contributed by atoms with Gasteiger partial charge in [-0.1, -0.05) is 18.2 Å². The molecule has 0 spiro atoms. The predicted molar refractivity (Wildman–Crippen MR) is 118 cm³/mol.